The fraction of sp³-hybridized carbons (Fsp3) is 0.333. The molecule has 24 heavy (non-hydrogen) atoms. The molecule has 0 saturated heterocycles. The largest absolute Gasteiger partial charge is 0.364 e. The summed E-state index contributed by atoms with van der Waals surface area (Å²) in [6.07, 6.45) is 4.74. The first-order chi connectivity index (χ1) is 11.6. The Morgan fingerprint density at radius 2 is 2.00 bits per heavy atom. The van der Waals surface area contributed by atoms with Crippen molar-refractivity contribution in [3.63, 3.8) is 0 Å². The molecule has 1 unspecified atom stereocenters. The van der Waals surface area contributed by atoms with Gasteiger partial charge in [-0.05, 0) is 55.4 Å². The molecule has 0 amide bonds. The van der Waals surface area contributed by atoms with Gasteiger partial charge in [0.05, 0.1) is 4.92 Å². The lowest BCUT2D eigenvalue weighted by atomic mass is 9.89. The van der Waals surface area contributed by atoms with Crippen LogP contribution in [0.4, 0.5) is 11.5 Å². The van der Waals surface area contributed by atoms with Crippen molar-refractivity contribution < 1.29 is 4.92 Å². The molecule has 1 N–H and O–H groups in total. The molecule has 122 valence electrons. The second kappa shape index (κ2) is 6.67. The van der Waals surface area contributed by atoms with E-state index in [-0.39, 0.29) is 17.4 Å². The van der Waals surface area contributed by atoms with Crippen LogP contribution in [0, 0.1) is 21.4 Å². The average molecular weight is 322 g/mol. The molecule has 0 radical (unpaired) electrons. The minimum atomic E-state index is -0.595. The van der Waals surface area contributed by atoms with Crippen molar-refractivity contribution in [3.8, 4) is 6.07 Å². The molecule has 1 aromatic heterocycles. The second-order valence-corrected chi connectivity index (χ2v) is 6.03. The molecule has 0 saturated carbocycles. The maximum Gasteiger partial charge on any atom is 0.305 e. The topological polar surface area (TPSA) is 91.9 Å². The second-order valence-electron chi connectivity index (χ2n) is 6.03. The molecular weight excluding hydrogens is 304 g/mol. The highest BCUT2D eigenvalue weighted by molar-refractivity contribution is 5.51. The van der Waals surface area contributed by atoms with Crippen LogP contribution in [0.1, 0.15) is 48.2 Å². The van der Waals surface area contributed by atoms with E-state index < -0.39 is 4.92 Å². The third-order valence-electron chi connectivity index (χ3n) is 4.41. The van der Waals surface area contributed by atoms with E-state index in [0.29, 0.717) is 5.82 Å². The first-order valence-corrected chi connectivity index (χ1v) is 8.02. The molecule has 1 aromatic carbocycles. The minimum Gasteiger partial charge on any atom is -0.364 e. The number of aromatic nitrogens is 1. The number of nitrogens with one attached hydrogen (secondary N) is 1. The van der Waals surface area contributed by atoms with Crippen LogP contribution in [0.25, 0.3) is 0 Å². The monoisotopic (exact) mass is 322 g/mol. The Labute approximate surface area is 140 Å². The van der Waals surface area contributed by atoms with Gasteiger partial charge in [-0.3, -0.25) is 10.1 Å². The Bertz CT molecular complexity index is 826. The molecule has 0 spiro atoms. The van der Waals surface area contributed by atoms with Gasteiger partial charge in [-0.15, -0.1) is 0 Å². The van der Waals surface area contributed by atoms with Gasteiger partial charge in [-0.1, -0.05) is 18.2 Å². The number of aryl methyl sites for hydroxylation is 2. The van der Waals surface area contributed by atoms with E-state index in [1.54, 1.807) is 6.07 Å². The predicted molar refractivity (Wildman–Crippen MR) is 90.7 cm³/mol. The number of fused-ring (bicyclic) bond motifs is 1. The van der Waals surface area contributed by atoms with Gasteiger partial charge in [0.1, 0.15) is 11.9 Å². The Morgan fingerprint density at radius 3 is 2.71 bits per heavy atom. The zero-order chi connectivity index (χ0) is 17.1. The summed E-state index contributed by atoms with van der Waals surface area (Å²) in [6.45, 7) is 2.01. The fourth-order valence-electron chi connectivity index (χ4n) is 3.09. The predicted octanol–water partition coefficient (Wildman–Crippen LogP) is 3.91. The summed E-state index contributed by atoms with van der Waals surface area (Å²) >= 11 is 0. The lowest BCUT2D eigenvalue weighted by Gasteiger charge is -2.20. The number of nitro groups is 1. The van der Waals surface area contributed by atoms with Crippen molar-refractivity contribution >= 4 is 11.5 Å². The number of hydrogen-bond acceptors (Lipinski definition) is 5. The molecule has 3 rings (SSSR count). The summed E-state index contributed by atoms with van der Waals surface area (Å²) < 4.78 is 0. The van der Waals surface area contributed by atoms with Crippen molar-refractivity contribution in [2.24, 2.45) is 0 Å². The first-order valence-electron chi connectivity index (χ1n) is 8.02. The van der Waals surface area contributed by atoms with E-state index >= 15 is 0 Å². The standard InChI is InChI=1S/C18H18N4O2/c1-12(14-7-6-13-4-2-3-5-15(13)10-14)20-18-9-8-17(22(23)24)16(11-19)21-18/h6-10,12H,2-5H2,1H3,(H,20,21). The van der Waals surface area contributed by atoms with Crippen LogP contribution in [-0.2, 0) is 12.8 Å². The molecule has 0 bridgehead atoms. The number of rotatable bonds is 4. The van der Waals surface area contributed by atoms with E-state index in [4.69, 9.17) is 5.26 Å². The number of pyridine rings is 1. The number of nitrogens with zero attached hydrogens (tertiary/aromatic N) is 3. The molecule has 1 atom stereocenters. The number of nitriles is 1. The molecule has 2 aromatic rings. The van der Waals surface area contributed by atoms with Crippen molar-refractivity contribution in [3.05, 3.63) is 62.8 Å². The Kier molecular flexibility index (Phi) is 4.43. The van der Waals surface area contributed by atoms with Crippen LogP contribution in [0.15, 0.2) is 30.3 Å². The van der Waals surface area contributed by atoms with E-state index in [1.807, 2.05) is 6.92 Å². The number of benzene rings is 1. The Balaban J connectivity index is 1.81. The molecular formula is C18H18N4O2. The minimum absolute atomic E-state index is 0.00211. The van der Waals surface area contributed by atoms with Crippen LogP contribution in [0.5, 0.6) is 0 Å². The quantitative estimate of drug-likeness (QED) is 0.680. The van der Waals surface area contributed by atoms with Crippen LogP contribution in [0.3, 0.4) is 0 Å². The van der Waals surface area contributed by atoms with Crippen LogP contribution in [-0.4, -0.2) is 9.91 Å². The Hall–Kier alpha value is -2.94. The summed E-state index contributed by atoms with van der Waals surface area (Å²) in [5, 5.41) is 23.1. The van der Waals surface area contributed by atoms with Crippen molar-refractivity contribution in [1.29, 1.82) is 5.26 Å². The lowest BCUT2D eigenvalue weighted by molar-refractivity contribution is -0.385. The smallest absolute Gasteiger partial charge is 0.305 e. The van der Waals surface area contributed by atoms with E-state index in [9.17, 15) is 10.1 Å². The summed E-state index contributed by atoms with van der Waals surface area (Å²) in [6, 6.07) is 11.1. The van der Waals surface area contributed by atoms with Crippen molar-refractivity contribution in [2.45, 2.75) is 38.6 Å². The van der Waals surface area contributed by atoms with E-state index in [0.717, 1.165) is 18.4 Å². The zero-order valence-corrected chi connectivity index (χ0v) is 13.5. The van der Waals surface area contributed by atoms with Gasteiger partial charge < -0.3 is 5.32 Å². The SMILES string of the molecule is CC(Nc1ccc([N+](=O)[O-])c(C#N)n1)c1ccc2c(c1)CCCC2. The van der Waals surface area contributed by atoms with Gasteiger partial charge in [0.15, 0.2) is 0 Å². The van der Waals surface area contributed by atoms with Gasteiger partial charge in [0, 0.05) is 12.1 Å². The highest BCUT2D eigenvalue weighted by Gasteiger charge is 2.17. The lowest BCUT2D eigenvalue weighted by Crippen LogP contribution is -2.11. The molecule has 6 heteroatoms. The summed E-state index contributed by atoms with van der Waals surface area (Å²) in [7, 11) is 0. The molecule has 6 nitrogen and oxygen atoms in total. The maximum absolute atomic E-state index is 10.9. The zero-order valence-electron chi connectivity index (χ0n) is 13.5. The first kappa shape index (κ1) is 15.9. The van der Waals surface area contributed by atoms with Gasteiger partial charge in [-0.25, -0.2) is 4.98 Å². The molecule has 0 fully saturated rings. The van der Waals surface area contributed by atoms with Crippen LogP contribution in [0.2, 0.25) is 0 Å². The third kappa shape index (κ3) is 3.20. The molecule has 1 aliphatic rings. The van der Waals surface area contributed by atoms with E-state index in [2.05, 4.69) is 28.5 Å². The summed E-state index contributed by atoms with van der Waals surface area (Å²) in [4.78, 5) is 14.3. The average Bonchev–Trinajstić information content (AvgIpc) is 2.60. The molecule has 1 heterocycles. The van der Waals surface area contributed by atoms with Gasteiger partial charge in [0.2, 0.25) is 5.69 Å². The maximum atomic E-state index is 10.9. The van der Waals surface area contributed by atoms with Gasteiger partial charge in [-0.2, -0.15) is 5.26 Å². The summed E-state index contributed by atoms with van der Waals surface area (Å²) in [5.41, 5.74) is 3.53. The van der Waals surface area contributed by atoms with Crippen molar-refractivity contribution in [1.82, 2.24) is 4.98 Å². The molecule has 0 aliphatic heterocycles. The number of anilines is 1. The Morgan fingerprint density at radius 1 is 1.25 bits per heavy atom. The highest BCUT2D eigenvalue weighted by atomic mass is 16.6. The van der Waals surface area contributed by atoms with Gasteiger partial charge >= 0.3 is 5.69 Å². The normalized spacial score (nSPS) is 14.3. The van der Waals surface area contributed by atoms with Crippen molar-refractivity contribution in [2.75, 3.05) is 5.32 Å². The van der Waals surface area contributed by atoms with E-state index in [1.165, 1.54) is 36.1 Å². The van der Waals surface area contributed by atoms with Gasteiger partial charge in [0.25, 0.3) is 0 Å². The molecule has 1 aliphatic carbocycles. The highest BCUT2D eigenvalue weighted by Crippen LogP contribution is 2.27. The fourth-order valence-corrected chi connectivity index (χ4v) is 3.09. The third-order valence-corrected chi connectivity index (χ3v) is 4.41. The number of hydrogen-bond donors (Lipinski definition) is 1. The van der Waals surface area contributed by atoms with Crippen LogP contribution < -0.4 is 5.32 Å². The van der Waals surface area contributed by atoms with Crippen LogP contribution >= 0.6 is 0 Å². The summed E-state index contributed by atoms with van der Waals surface area (Å²) in [5.74, 6) is 0.461.